The van der Waals surface area contributed by atoms with Crippen molar-refractivity contribution >= 4 is 14.5 Å². The van der Waals surface area contributed by atoms with Gasteiger partial charge in [-0.05, 0) is 0 Å². The average molecular weight is 337 g/mol. The fraction of sp³-hybridized carbons (Fsp3) is 0.789. The Morgan fingerprint density at radius 3 is 2.15 bits per heavy atom. The molecule has 0 bridgehead atoms. The molecule has 2 aliphatic carbocycles. The van der Waals surface area contributed by atoms with Gasteiger partial charge < -0.3 is 0 Å². The zero-order valence-electron chi connectivity index (χ0n) is 13.0. The van der Waals surface area contributed by atoms with Crippen LogP contribution in [0.2, 0.25) is 0 Å². The van der Waals surface area contributed by atoms with E-state index in [1.165, 1.54) is 51.4 Å². The van der Waals surface area contributed by atoms with Gasteiger partial charge in [-0.1, -0.05) is 0 Å². The van der Waals surface area contributed by atoms with E-state index in [2.05, 4.69) is 24.0 Å². The van der Waals surface area contributed by atoms with E-state index in [9.17, 15) is 0 Å². The van der Waals surface area contributed by atoms with Crippen LogP contribution in [0.15, 0.2) is 17.1 Å². The van der Waals surface area contributed by atoms with E-state index >= 15 is 0 Å². The van der Waals surface area contributed by atoms with Crippen LogP contribution < -0.4 is 0 Å². The van der Waals surface area contributed by atoms with Crippen LogP contribution in [0.3, 0.4) is 0 Å². The fourth-order valence-corrected chi connectivity index (χ4v) is 6.64. The van der Waals surface area contributed by atoms with Gasteiger partial charge in [0.1, 0.15) is 0 Å². The molecule has 0 nitrogen and oxygen atoms in total. The third kappa shape index (κ3) is 3.60. The van der Waals surface area contributed by atoms with Crippen LogP contribution in [-0.2, 0) is 0 Å². The Bertz CT molecular complexity index is 364. The van der Waals surface area contributed by atoms with Crippen LogP contribution in [0.25, 0.3) is 0 Å². The van der Waals surface area contributed by atoms with Gasteiger partial charge in [-0.25, -0.2) is 0 Å². The Balaban J connectivity index is 1.45. The molecule has 2 aliphatic rings. The van der Waals surface area contributed by atoms with E-state index in [4.69, 9.17) is 0 Å². The van der Waals surface area contributed by atoms with E-state index in [-0.39, 0.29) is 0 Å². The molecule has 0 amide bonds. The number of hydrogen-bond acceptors (Lipinski definition) is 0. The maximum atomic E-state index is 2.42. The van der Waals surface area contributed by atoms with Crippen LogP contribution >= 0.6 is 0 Å². The van der Waals surface area contributed by atoms with Crippen LogP contribution in [0.5, 0.6) is 0 Å². The molecule has 20 heavy (non-hydrogen) atoms. The first-order chi connectivity index (χ1) is 9.86. The maximum absolute atomic E-state index is 2.42. The van der Waals surface area contributed by atoms with Gasteiger partial charge in [-0.3, -0.25) is 0 Å². The summed E-state index contributed by atoms with van der Waals surface area (Å²) in [5.41, 5.74) is 0. The standard InChI is InChI=1S/C19H30Se/c1-2-4-15-6-8-16(9-7-15)17-10-12-18(13-11-17)19-5-3-14-20-19/h3,5,14-18H,2,4,6-13H2,1H3. The molecule has 0 atom stereocenters. The third-order valence-electron chi connectivity index (χ3n) is 5.97. The molecule has 0 aliphatic heterocycles. The van der Waals surface area contributed by atoms with Crippen LogP contribution in [-0.4, -0.2) is 14.5 Å². The van der Waals surface area contributed by atoms with Gasteiger partial charge in [0.25, 0.3) is 0 Å². The molecule has 2 saturated carbocycles. The van der Waals surface area contributed by atoms with Crippen LogP contribution in [0.1, 0.15) is 81.5 Å². The van der Waals surface area contributed by atoms with E-state index < -0.39 is 0 Å². The summed E-state index contributed by atoms with van der Waals surface area (Å²) in [5, 5.41) is 0. The quantitative estimate of drug-likeness (QED) is 0.625. The summed E-state index contributed by atoms with van der Waals surface area (Å²) in [7, 11) is 0. The SMILES string of the molecule is CCCC1CCC(C2CCC(c3ccc[se]3)CC2)CC1. The Kier molecular flexibility index (Phi) is 5.46. The van der Waals surface area contributed by atoms with Gasteiger partial charge in [0.2, 0.25) is 0 Å². The second-order valence-electron chi connectivity index (χ2n) is 7.20. The molecule has 0 spiro atoms. The van der Waals surface area contributed by atoms with E-state index in [1.54, 1.807) is 17.3 Å². The Morgan fingerprint density at radius 2 is 1.60 bits per heavy atom. The predicted molar refractivity (Wildman–Crippen MR) is 88.4 cm³/mol. The zero-order chi connectivity index (χ0) is 13.8. The number of hydrogen-bond donors (Lipinski definition) is 0. The summed E-state index contributed by atoms with van der Waals surface area (Å²) in [6, 6.07) is 4.71. The normalized spacial score (nSPS) is 35.0. The van der Waals surface area contributed by atoms with Gasteiger partial charge in [-0.15, -0.1) is 0 Å². The first-order valence-electron chi connectivity index (χ1n) is 8.90. The van der Waals surface area contributed by atoms with Crippen LogP contribution in [0.4, 0.5) is 0 Å². The topological polar surface area (TPSA) is 0 Å². The fourth-order valence-electron chi connectivity index (χ4n) is 4.76. The minimum atomic E-state index is 0.704. The predicted octanol–water partition coefficient (Wildman–Crippen LogP) is 5.62. The van der Waals surface area contributed by atoms with Crippen molar-refractivity contribution in [3.05, 3.63) is 21.5 Å². The summed E-state index contributed by atoms with van der Waals surface area (Å²) in [6.07, 6.45) is 15.1. The van der Waals surface area contributed by atoms with Gasteiger partial charge in [0, 0.05) is 0 Å². The van der Waals surface area contributed by atoms with E-state index in [0.717, 1.165) is 23.7 Å². The van der Waals surface area contributed by atoms with E-state index in [0.29, 0.717) is 14.5 Å². The summed E-state index contributed by atoms with van der Waals surface area (Å²) in [5.74, 6) is 4.20. The zero-order valence-corrected chi connectivity index (χ0v) is 14.7. The number of rotatable bonds is 4. The molecular formula is C19H30Se. The van der Waals surface area contributed by atoms with Gasteiger partial charge in [0.05, 0.1) is 0 Å². The van der Waals surface area contributed by atoms with Crippen molar-refractivity contribution in [3.63, 3.8) is 0 Å². The molecule has 2 fully saturated rings. The molecule has 112 valence electrons. The summed E-state index contributed by atoms with van der Waals surface area (Å²) in [6.45, 7) is 2.35. The summed E-state index contributed by atoms with van der Waals surface area (Å²) in [4.78, 5) is 2.39. The molecule has 0 saturated heterocycles. The van der Waals surface area contributed by atoms with Crippen molar-refractivity contribution in [2.24, 2.45) is 17.8 Å². The van der Waals surface area contributed by atoms with Crippen LogP contribution in [0, 0.1) is 17.8 Å². The molecule has 1 aromatic heterocycles. The molecular weight excluding hydrogens is 307 g/mol. The van der Waals surface area contributed by atoms with Crippen molar-refractivity contribution in [3.8, 4) is 0 Å². The van der Waals surface area contributed by atoms with Gasteiger partial charge in [-0.2, -0.15) is 0 Å². The van der Waals surface area contributed by atoms with Gasteiger partial charge in [0.15, 0.2) is 0 Å². The Morgan fingerprint density at radius 1 is 0.950 bits per heavy atom. The molecule has 1 heteroatoms. The molecule has 0 radical (unpaired) electrons. The second-order valence-corrected chi connectivity index (χ2v) is 9.25. The molecule has 0 N–H and O–H groups in total. The molecule has 1 heterocycles. The summed E-state index contributed by atoms with van der Waals surface area (Å²) >= 11 is 0.704. The van der Waals surface area contributed by atoms with Gasteiger partial charge >= 0.3 is 131 Å². The molecule has 0 unspecified atom stereocenters. The molecule has 1 aromatic rings. The van der Waals surface area contributed by atoms with Crippen molar-refractivity contribution in [2.75, 3.05) is 0 Å². The third-order valence-corrected chi connectivity index (χ3v) is 8.14. The minimum absolute atomic E-state index is 0.704. The second kappa shape index (κ2) is 7.32. The van der Waals surface area contributed by atoms with Crippen molar-refractivity contribution in [1.29, 1.82) is 0 Å². The Hall–Kier alpha value is -0.000519. The summed E-state index contributed by atoms with van der Waals surface area (Å²) < 4.78 is 1.79. The van der Waals surface area contributed by atoms with Crippen molar-refractivity contribution < 1.29 is 0 Å². The van der Waals surface area contributed by atoms with Crippen molar-refractivity contribution in [2.45, 2.75) is 77.0 Å². The average Bonchev–Trinajstić information content (AvgIpc) is 3.03. The Labute approximate surface area is 131 Å². The first kappa shape index (κ1) is 14.9. The first-order valence-corrected chi connectivity index (χ1v) is 10.7. The van der Waals surface area contributed by atoms with E-state index in [1.807, 2.05) is 0 Å². The molecule has 0 aromatic carbocycles. The molecule has 3 rings (SSSR count). The van der Waals surface area contributed by atoms with Crippen molar-refractivity contribution in [1.82, 2.24) is 0 Å². The monoisotopic (exact) mass is 338 g/mol.